The van der Waals surface area contributed by atoms with Crippen molar-refractivity contribution in [3.8, 4) is 0 Å². The Kier molecular flexibility index (Phi) is 3.44. The molecule has 1 N–H and O–H groups in total. The number of aliphatic hydroxyl groups excluding tert-OH is 1. The maximum atomic E-state index is 8.95. The maximum absolute atomic E-state index is 8.95. The zero-order valence-electron chi connectivity index (χ0n) is 11.1. The molecule has 2 atom stereocenters. The first-order valence-corrected chi connectivity index (χ1v) is 7.21. The van der Waals surface area contributed by atoms with Crippen molar-refractivity contribution in [3.05, 3.63) is 23.7 Å². The van der Waals surface area contributed by atoms with Crippen LogP contribution in [0.3, 0.4) is 0 Å². The van der Waals surface area contributed by atoms with Gasteiger partial charge in [-0.15, -0.1) is 0 Å². The molecule has 1 heterocycles. The van der Waals surface area contributed by atoms with E-state index >= 15 is 0 Å². The molecule has 1 aromatic rings. The number of nitrogens with zero attached hydrogens (tertiary/aromatic N) is 1. The Hall–Kier alpha value is -0.800. The summed E-state index contributed by atoms with van der Waals surface area (Å²) in [5.74, 6) is 3.74. The molecule has 0 bridgehead atoms. The van der Waals surface area contributed by atoms with E-state index in [9.17, 15) is 0 Å². The molecule has 0 aromatic carbocycles. The van der Waals surface area contributed by atoms with Crippen molar-refractivity contribution >= 4 is 0 Å². The number of furan rings is 1. The highest BCUT2D eigenvalue weighted by molar-refractivity contribution is 5.17. The van der Waals surface area contributed by atoms with Gasteiger partial charge in [0.05, 0.1) is 6.54 Å². The van der Waals surface area contributed by atoms with Gasteiger partial charge in [-0.25, -0.2) is 0 Å². The molecule has 2 aliphatic rings. The number of aliphatic hydroxyl groups is 1. The van der Waals surface area contributed by atoms with Gasteiger partial charge in [0.25, 0.3) is 0 Å². The number of rotatable bonds is 7. The van der Waals surface area contributed by atoms with Crippen LogP contribution in [0.25, 0.3) is 0 Å². The predicted molar refractivity (Wildman–Crippen MR) is 70.4 cm³/mol. The molecule has 100 valence electrons. The van der Waals surface area contributed by atoms with Crippen LogP contribution >= 0.6 is 0 Å². The van der Waals surface area contributed by atoms with Crippen molar-refractivity contribution in [2.75, 3.05) is 13.2 Å². The molecule has 0 amide bonds. The lowest BCUT2D eigenvalue weighted by Crippen LogP contribution is -2.27. The zero-order valence-corrected chi connectivity index (χ0v) is 11.1. The second-order valence-electron chi connectivity index (χ2n) is 5.90. The van der Waals surface area contributed by atoms with E-state index < -0.39 is 0 Å². The molecule has 3 heteroatoms. The molecule has 0 aliphatic heterocycles. The van der Waals surface area contributed by atoms with Gasteiger partial charge < -0.3 is 9.52 Å². The molecule has 0 radical (unpaired) electrons. The number of hydrogen-bond donors (Lipinski definition) is 1. The molecule has 1 aromatic heterocycles. The summed E-state index contributed by atoms with van der Waals surface area (Å²) in [5, 5.41) is 8.95. The van der Waals surface area contributed by atoms with Crippen LogP contribution < -0.4 is 0 Å². The zero-order chi connectivity index (χ0) is 12.5. The third kappa shape index (κ3) is 2.78. The molecule has 0 spiro atoms. The van der Waals surface area contributed by atoms with E-state index in [4.69, 9.17) is 9.52 Å². The van der Waals surface area contributed by atoms with E-state index in [0.29, 0.717) is 5.92 Å². The van der Waals surface area contributed by atoms with E-state index in [1.165, 1.54) is 25.0 Å². The topological polar surface area (TPSA) is 36.6 Å². The lowest BCUT2D eigenvalue weighted by atomic mass is 10.3. The highest BCUT2D eigenvalue weighted by Crippen LogP contribution is 2.47. The van der Waals surface area contributed by atoms with Crippen LogP contribution in [0.15, 0.2) is 16.5 Å². The van der Waals surface area contributed by atoms with Gasteiger partial charge in [0, 0.05) is 25.1 Å². The third-order valence-corrected chi connectivity index (χ3v) is 4.18. The van der Waals surface area contributed by atoms with Gasteiger partial charge in [0.2, 0.25) is 0 Å². The van der Waals surface area contributed by atoms with Gasteiger partial charge in [-0.05, 0) is 43.7 Å². The summed E-state index contributed by atoms with van der Waals surface area (Å²) in [5.41, 5.74) is 0. The fourth-order valence-electron chi connectivity index (χ4n) is 2.70. The second kappa shape index (κ2) is 5.06. The van der Waals surface area contributed by atoms with Gasteiger partial charge in [0.15, 0.2) is 0 Å². The Labute approximate surface area is 109 Å². The van der Waals surface area contributed by atoms with Crippen LogP contribution in [0.1, 0.15) is 50.0 Å². The molecular formula is C15H23NO2. The van der Waals surface area contributed by atoms with Gasteiger partial charge in [0.1, 0.15) is 11.5 Å². The molecule has 18 heavy (non-hydrogen) atoms. The van der Waals surface area contributed by atoms with Crippen LogP contribution in [0.2, 0.25) is 0 Å². The quantitative estimate of drug-likeness (QED) is 0.807. The number of hydrogen-bond acceptors (Lipinski definition) is 3. The lowest BCUT2D eigenvalue weighted by Gasteiger charge is -2.20. The summed E-state index contributed by atoms with van der Waals surface area (Å²) in [6, 6.07) is 5.01. The van der Waals surface area contributed by atoms with E-state index in [2.05, 4.69) is 24.0 Å². The summed E-state index contributed by atoms with van der Waals surface area (Å²) in [4.78, 5) is 2.45. The highest BCUT2D eigenvalue weighted by Gasteiger charge is 2.37. The van der Waals surface area contributed by atoms with E-state index in [1.807, 2.05) is 0 Å². The van der Waals surface area contributed by atoms with E-state index in [1.54, 1.807) is 0 Å². The summed E-state index contributed by atoms with van der Waals surface area (Å²) in [7, 11) is 0. The van der Waals surface area contributed by atoms with Gasteiger partial charge >= 0.3 is 0 Å². The lowest BCUT2D eigenvalue weighted by molar-refractivity contribution is 0.199. The largest absolute Gasteiger partial charge is 0.464 e. The normalized spacial score (nSPS) is 26.8. The molecule has 2 fully saturated rings. The van der Waals surface area contributed by atoms with Crippen molar-refractivity contribution in [3.63, 3.8) is 0 Å². The fraction of sp³-hybridized carbons (Fsp3) is 0.733. The van der Waals surface area contributed by atoms with Crippen molar-refractivity contribution in [1.82, 2.24) is 4.90 Å². The van der Waals surface area contributed by atoms with Crippen molar-refractivity contribution in [2.24, 2.45) is 5.92 Å². The molecule has 3 rings (SSSR count). The Balaban J connectivity index is 1.57. The van der Waals surface area contributed by atoms with Crippen LogP contribution in [-0.2, 0) is 6.54 Å². The first-order valence-electron chi connectivity index (χ1n) is 7.21. The second-order valence-corrected chi connectivity index (χ2v) is 5.90. The third-order valence-electron chi connectivity index (χ3n) is 4.18. The summed E-state index contributed by atoms with van der Waals surface area (Å²) < 4.78 is 5.96. The van der Waals surface area contributed by atoms with Crippen LogP contribution in [-0.4, -0.2) is 29.2 Å². The predicted octanol–water partition coefficient (Wildman–Crippen LogP) is 2.75. The molecule has 2 aliphatic carbocycles. The van der Waals surface area contributed by atoms with Gasteiger partial charge in [-0.3, -0.25) is 4.90 Å². The molecule has 0 unspecified atom stereocenters. The van der Waals surface area contributed by atoms with Crippen LogP contribution in [0.4, 0.5) is 0 Å². The Morgan fingerprint density at radius 1 is 1.39 bits per heavy atom. The fourth-order valence-corrected chi connectivity index (χ4v) is 2.70. The first-order chi connectivity index (χ1) is 8.78. The van der Waals surface area contributed by atoms with Gasteiger partial charge in [-0.1, -0.05) is 6.92 Å². The molecule has 2 saturated carbocycles. The summed E-state index contributed by atoms with van der Waals surface area (Å²) in [6.07, 6.45) is 4.75. The molecule has 3 nitrogen and oxygen atoms in total. The minimum atomic E-state index is 0.284. The monoisotopic (exact) mass is 249 g/mol. The maximum Gasteiger partial charge on any atom is 0.118 e. The van der Waals surface area contributed by atoms with Crippen molar-refractivity contribution < 1.29 is 9.52 Å². The SMILES string of the molecule is C[C@@H]1C[C@H]1c1ccc(CN(CCCO)C2CC2)o1. The van der Waals surface area contributed by atoms with Gasteiger partial charge in [-0.2, -0.15) is 0 Å². The minimum absolute atomic E-state index is 0.284. The van der Waals surface area contributed by atoms with Crippen LogP contribution in [0.5, 0.6) is 0 Å². The van der Waals surface area contributed by atoms with Crippen molar-refractivity contribution in [1.29, 1.82) is 0 Å². The smallest absolute Gasteiger partial charge is 0.118 e. The van der Waals surface area contributed by atoms with Crippen LogP contribution in [0, 0.1) is 5.92 Å². The highest BCUT2D eigenvalue weighted by atomic mass is 16.3. The van der Waals surface area contributed by atoms with E-state index in [-0.39, 0.29) is 6.61 Å². The average Bonchev–Trinajstić information content (AvgIpc) is 3.27. The first kappa shape index (κ1) is 12.2. The summed E-state index contributed by atoms with van der Waals surface area (Å²) in [6.45, 7) is 4.46. The Bertz CT molecular complexity index is 397. The standard InChI is InChI=1S/C15H23NO2/c1-11-9-14(11)15-6-5-13(18-15)10-16(7-2-8-17)12-3-4-12/h5-6,11-12,14,17H,2-4,7-10H2,1H3/t11-,14-/m1/s1. The van der Waals surface area contributed by atoms with E-state index in [0.717, 1.165) is 37.2 Å². The Morgan fingerprint density at radius 2 is 2.17 bits per heavy atom. The summed E-state index contributed by atoms with van der Waals surface area (Å²) >= 11 is 0. The molecular weight excluding hydrogens is 226 g/mol. The average molecular weight is 249 g/mol. The molecule has 0 saturated heterocycles. The van der Waals surface area contributed by atoms with Crippen molar-refractivity contribution in [2.45, 2.75) is 51.1 Å². The Morgan fingerprint density at radius 3 is 2.78 bits per heavy atom. The minimum Gasteiger partial charge on any atom is -0.464 e.